The number of likely N-dealkylation sites (N-methyl/N-ethyl adjacent to an activating group) is 1. The van der Waals surface area contributed by atoms with Crippen LogP contribution < -0.4 is 15.5 Å². The number of amides is 1. The van der Waals surface area contributed by atoms with Crippen LogP contribution in [0, 0.1) is 0 Å². The molecule has 152 valence electrons. The number of hydrogen-bond acceptors (Lipinski definition) is 7. The van der Waals surface area contributed by atoms with E-state index in [0.29, 0.717) is 23.6 Å². The number of fused-ring (bicyclic) bond motifs is 1. The van der Waals surface area contributed by atoms with Crippen LogP contribution in [0.1, 0.15) is 15.9 Å². The van der Waals surface area contributed by atoms with Gasteiger partial charge in [0, 0.05) is 44.5 Å². The molecule has 0 aliphatic carbocycles. The molecule has 5 heterocycles. The maximum absolute atomic E-state index is 12.5. The molecule has 1 amide bonds. The summed E-state index contributed by atoms with van der Waals surface area (Å²) in [6, 6.07) is 9.69. The van der Waals surface area contributed by atoms with Gasteiger partial charge < -0.3 is 20.4 Å². The molecule has 5 rings (SSSR count). The van der Waals surface area contributed by atoms with Crippen LogP contribution in [-0.4, -0.2) is 59.0 Å². The lowest BCUT2D eigenvalue weighted by Crippen LogP contribution is -2.44. The zero-order chi connectivity index (χ0) is 20.5. The van der Waals surface area contributed by atoms with Crippen molar-refractivity contribution >= 4 is 23.1 Å². The third-order valence-electron chi connectivity index (χ3n) is 5.62. The Bertz CT molecular complexity index is 1060. The maximum atomic E-state index is 12.5. The van der Waals surface area contributed by atoms with Crippen LogP contribution in [0.2, 0.25) is 0 Å². The first kappa shape index (κ1) is 18.5. The van der Waals surface area contributed by atoms with E-state index in [-0.39, 0.29) is 5.91 Å². The number of rotatable bonds is 4. The molecule has 0 bridgehead atoms. The molecule has 0 radical (unpaired) electrons. The van der Waals surface area contributed by atoms with Crippen molar-refractivity contribution in [2.24, 2.45) is 0 Å². The molecule has 2 aliphatic heterocycles. The minimum atomic E-state index is -0.110. The van der Waals surface area contributed by atoms with Crippen LogP contribution in [-0.2, 0) is 6.54 Å². The summed E-state index contributed by atoms with van der Waals surface area (Å²) >= 11 is 0. The van der Waals surface area contributed by atoms with E-state index in [2.05, 4.69) is 48.5 Å². The highest BCUT2D eigenvalue weighted by molar-refractivity contribution is 6.05. The minimum Gasteiger partial charge on any atom is -0.368 e. The van der Waals surface area contributed by atoms with Crippen LogP contribution in [0.3, 0.4) is 0 Å². The lowest BCUT2D eigenvalue weighted by molar-refractivity contribution is 0.0966. The fourth-order valence-corrected chi connectivity index (χ4v) is 3.91. The molecular formula is C22H23N7O. The van der Waals surface area contributed by atoms with E-state index in [0.717, 1.165) is 48.8 Å². The fraction of sp³-hybridized carbons (Fsp3) is 0.273. The van der Waals surface area contributed by atoms with Crippen molar-refractivity contribution in [3.8, 4) is 11.4 Å². The van der Waals surface area contributed by atoms with Crippen LogP contribution in [0.5, 0.6) is 0 Å². The quantitative estimate of drug-likeness (QED) is 0.694. The Balaban J connectivity index is 1.40. The lowest BCUT2D eigenvalue weighted by atomic mass is 10.0. The van der Waals surface area contributed by atoms with Gasteiger partial charge in [-0.25, -0.2) is 4.98 Å². The van der Waals surface area contributed by atoms with Gasteiger partial charge in [-0.1, -0.05) is 6.07 Å². The second-order valence-electron chi connectivity index (χ2n) is 7.59. The van der Waals surface area contributed by atoms with Gasteiger partial charge >= 0.3 is 0 Å². The highest BCUT2D eigenvalue weighted by Gasteiger charge is 2.27. The Morgan fingerprint density at radius 3 is 2.60 bits per heavy atom. The van der Waals surface area contributed by atoms with Crippen molar-refractivity contribution in [1.29, 1.82) is 0 Å². The molecular weight excluding hydrogens is 378 g/mol. The van der Waals surface area contributed by atoms with Crippen molar-refractivity contribution in [2.45, 2.75) is 6.54 Å². The zero-order valence-electron chi connectivity index (χ0n) is 16.8. The second kappa shape index (κ2) is 7.72. The summed E-state index contributed by atoms with van der Waals surface area (Å²) in [6.45, 7) is 4.54. The van der Waals surface area contributed by atoms with Gasteiger partial charge in [0.05, 0.1) is 40.7 Å². The number of carbonyl (C=O) groups excluding carboxylic acids is 1. The van der Waals surface area contributed by atoms with Gasteiger partial charge in [0.15, 0.2) is 0 Å². The first-order valence-electron chi connectivity index (χ1n) is 10.1. The highest BCUT2D eigenvalue weighted by Crippen LogP contribution is 2.32. The van der Waals surface area contributed by atoms with E-state index >= 15 is 0 Å². The molecule has 30 heavy (non-hydrogen) atoms. The number of nitrogens with zero attached hydrogens (tertiary/aromatic N) is 5. The molecule has 8 nitrogen and oxygen atoms in total. The standard InChI is InChI=1S/C22H23N7O/c1-28-8-10-29(11-9-28)15-5-6-19(24-12-15)27-18-14-25-21(17-4-2-3-7-23-17)16-13-26-22(30)20(16)18/h2-7,12,14H,8-11,13H2,1H3,(H,24,27)(H,26,30). The average molecular weight is 401 g/mol. The van der Waals surface area contributed by atoms with E-state index in [1.165, 1.54) is 0 Å². The van der Waals surface area contributed by atoms with E-state index in [1.54, 1.807) is 12.4 Å². The summed E-state index contributed by atoms with van der Waals surface area (Å²) in [5.74, 6) is 0.573. The van der Waals surface area contributed by atoms with Crippen molar-refractivity contribution in [2.75, 3.05) is 43.4 Å². The summed E-state index contributed by atoms with van der Waals surface area (Å²) in [4.78, 5) is 30.7. The molecule has 1 saturated heterocycles. The predicted molar refractivity (Wildman–Crippen MR) is 116 cm³/mol. The molecule has 0 aromatic carbocycles. The number of carbonyl (C=O) groups is 1. The minimum absolute atomic E-state index is 0.110. The van der Waals surface area contributed by atoms with Gasteiger partial charge in [-0.15, -0.1) is 0 Å². The molecule has 1 fully saturated rings. The van der Waals surface area contributed by atoms with E-state index in [4.69, 9.17) is 0 Å². The smallest absolute Gasteiger partial charge is 0.254 e. The highest BCUT2D eigenvalue weighted by atomic mass is 16.1. The topological polar surface area (TPSA) is 86.3 Å². The Hall–Kier alpha value is -3.52. The van der Waals surface area contributed by atoms with Crippen molar-refractivity contribution < 1.29 is 4.79 Å². The first-order valence-corrected chi connectivity index (χ1v) is 10.1. The summed E-state index contributed by atoms with van der Waals surface area (Å²) < 4.78 is 0. The maximum Gasteiger partial charge on any atom is 0.254 e. The molecule has 0 unspecified atom stereocenters. The number of anilines is 3. The largest absolute Gasteiger partial charge is 0.368 e. The molecule has 3 aromatic heterocycles. The summed E-state index contributed by atoms with van der Waals surface area (Å²) in [5, 5.41) is 6.17. The van der Waals surface area contributed by atoms with Crippen LogP contribution in [0.25, 0.3) is 11.4 Å². The predicted octanol–water partition coefficient (Wildman–Crippen LogP) is 2.28. The van der Waals surface area contributed by atoms with Gasteiger partial charge in [0.25, 0.3) is 5.91 Å². The summed E-state index contributed by atoms with van der Waals surface area (Å²) in [5.41, 5.74) is 4.72. The van der Waals surface area contributed by atoms with Crippen LogP contribution in [0.15, 0.2) is 48.9 Å². The molecule has 0 spiro atoms. The number of hydrogen-bond donors (Lipinski definition) is 2. The number of pyridine rings is 3. The van der Waals surface area contributed by atoms with Crippen molar-refractivity contribution in [3.05, 3.63) is 60.0 Å². The van der Waals surface area contributed by atoms with Gasteiger partial charge in [0.1, 0.15) is 5.82 Å². The van der Waals surface area contributed by atoms with Crippen molar-refractivity contribution in [3.63, 3.8) is 0 Å². The van der Waals surface area contributed by atoms with Crippen LogP contribution in [0.4, 0.5) is 17.2 Å². The number of piperazine rings is 1. The molecule has 3 aromatic rings. The third-order valence-corrected chi connectivity index (χ3v) is 5.62. The van der Waals surface area contributed by atoms with E-state index < -0.39 is 0 Å². The van der Waals surface area contributed by atoms with E-state index in [9.17, 15) is 4.79 Å². The Morgan fingerprint density at radius 2 is 1.87 bits per heavy atom. The molecule has 0 saturated carbocycles. The first-order chi connectivity index (χ1) is 14.7. The Kier molecular flexibility index (Phi) is 4.76. The SMILES string of the molecule is CN1CCN(c2ccc(Nc3cnc(-c4ccccn4)c4c3C(=O)NC4)nc2)CC1. The fourth-order valence-electron chi connectivity index (χ4n) is 3.91. The third kappa shape index (κ3) is 3.46. The van der Waals surface area contributed by atoms with Gasteiger partial charge in [-0.2, -0.15) is 0 Å². The van der Waals surface area contributed by atoms with Gasteiger partial charge in [0.2, 0.25) is 0 Å². The normalized spacial score (nSPS) is 16.3. The van der Waals surface area contributed by atoms with Gasteiger partial charge in [-0.3, -0.25) is 14.8 Å². The molecule has 2 aliphatic rings. The lowest BCUT2D eigenvalue weighted by Gasteiger charge is -2.33. The molecule has 0 atom stereocenters. The summed E-state index contributed by atoms with van der Waals surface area (Å²) in [7, 11) is 2.14. The van der Waals surface area contributed by atoms with Gasteiger partial charge in [-0.05, 0) is 31.3 Å². The van der Waals surface area contributed by atoms with Crippen molar-refractivity contribution in [1.82, 2.24) is 25.2 Å². The second-order valence-corrected chi connectivity index (χ2v) is 7.59. The monoisotopic (exact) mass is 401 g/mol. The number of nitrogens with one attached hydrogen (secondary N) is 2. The average Bonchev–Trinajstić information content (AvgIpc) is 3.18. The van der Waals surface area contributed by atoms with Crippen LogP contribution >= 0.6 is 0 Å². The zero-order valence-corrected chi connectivity index (χ0v) is 16.8. The Labute approximate surface area is 175 Å². The molecule has 2 N–H and O–H groups in total. The van der Waals surface area contributed by atoms with E-state index in [1.807, 2.05) is 30.5 Å². The molecule has 8 heteroatoms. The number of aromatic nitrogens is 3. The Morgan fingerprint density at radius 1 is 1.00 bits per heavy atom. The summed E-state index contributed by atoms with van der Waals surface area (Å²) in [6.07, 6.45) is 5.29.